The number of amides is 1. The maximum atomic E-state index is 13.2. The molecule has 1 spiro atoms. The van der Waals surface area contributed by atoms with Gasteiger partial charge in [-0.25, -0.2) is 9.97 Å². The first-order valence-corrected chi connectivity index (χ1v) is 9.07. The zero-order valence-corrected chi connectivity index (χ0v) is 14.4. The molecule has 25 heavy (non-hydrogen) atoms. The van der Waals surface area contributed by atoms with Gasteiger partial charge in [0.05, 0.1) is 11.3 Å². The number of aromatic nitrogens is 2. The van der Waals surface area contributed by atoms with Gasteiger partial charge in [0.15, 0.2) is 0 Å². The maximum Gasteiger partial charge on any atom is 0.257 e. The fourth-order valence-corrected chi connectivity index (χ4v) is 4.18. The van der Waals surface area contributed by atoms with Gasteiger partial charge in [-0.05, 0) is 37.5 Å². The summed E-state index contributed by atoms with van der Waals surface area (Å²) >= 11 is 0. The van der Waals surface area contributed by atoms with Gasteiger partial charge in [0.1, 0.15) is 6.33 Å². The highest BCUT2D eigenvalue weighted by Crippen LogP contribution is 2.41. The van der Waals surface area contributed by atoms with E-state index in [2.05, 4.69) is 22.1 Å². The minimum atomic E-state index is 0.0630. The lowest BCUT2D eigenvalue weighted by Crippen LogP contribution is -2.46. The van der Waals surface area contributed by atoms with Gasteiger partial charge in [-0.2, -0.15) is 0 Å². The van der Waals surface area contributed by atoms with Crippen LogP contribution in [0.5, 0.6) is 0 Å². The number of likely N-dealkylation sites (tertiary alicyclic amines) is 1. The average Bonchev–Trinajstić information content (AvgIpc) is 2.69. The molecule has 1 fully saturated rings. The Morgan fingerprint density at radius 3 is 2.80 bits per heavy atom. The molecule has 0 N–H and O–H groups in total. The summed E-state index contributed by atoms with van der Waals surface area (Å²) in [5, 5.41) is 0. The number of nitrogens with zero attached hydrogens (tertiary/aromatic N) is 3. The first kappa shape index (κ1) is 16.0. The predicted octanol–water partition coefficient (Wildman–Crippen LogP) is 4.11. The van der Waals surface area contributed by atoms with E-state index < -0.39 is 0 Å². The summed E-state index contributed by atoms with van der Waals surface area (Å²) in [5.74, 6) is 0.0630. The van der Waals surface area contributed by atoms with Crippen LogP contribution in [0, 0.1) is 5.41 Å². The van der Waals surface area contributed by atoms with E-state index in [1.165, 1.54) is 19.2 Å². The number of benzene rings is 1. The lowest BCUT2D eigenvalue weighted by atomic mass is 9.71. The highest BCUT2D eigenvalue weighted by atomic mass is 16.2. The molecular formula is C21H23N3O. The Hall–Kier alpha value is -2.49. The van der Waals surface area contributed by atoms with Gasteiger partial charge >= 0.3 is 0 Å². The number of allylic oxidation sites excluding steroid dienone is 2. The molecule has 1 amide bonds. The van der Waals surface area contributed by atoms with Crippen molar-refractivity contribution in [2.75, 3.05) is 13.1 Å². The molecule has 1 saturated heterocycles. The van der Waals surface area contributed by atoms with Crippen molar-refractivity contribution in [3.8, 4) is 11.3 Å². The topological polar surface area (TPSA) is 46.1 Å². The molecule has 1 aromatic carbocycles. The van der Waals surface area contributed by atoms with Crippen LogP contribution >= 0.6 is 0 Å². The van der Waals surface area contributed by atoms with E-state index in [4.69, 9.17) is 0 Å². The first-order chi connectivity index (χ1) is 12.3. The summed E-state index contributed by atoms with van der Waals surface area (Å²) in [6, 6.07) is 9.88. The van der Waals surface area contributed by atoms with Crippen molar-refractivity contribution in [2.24, 2.45) is 5.41 Å². The van der Waals surface area contributed by atoms with E-state index in [0.717, 1.165) is 43.6 Å². The van der Waals surface area contributed by atoms with Crippen LogP contribution in [0.2, 0.25) is 0 Å². The monoisotopic (exact) mass is 333 g/mol. The number of carbonyl (C=O) groups is 1. The summed E-state index contributed by atoms with van der Waals surface area (Å²) in [6.45, 7) is 1.67. The van der Waals surface area contributed by atoms with Gasteiger partial charge in [-0.1, -0.05) is 42.5 Å². The molecule has 1 aromatic heterocycles. The minimum Gasteiger partial charge on any atom is -0.338 e. The lowest BCUT2D eigenvalue weighted by molar-refractivity contribution is 0.0484. The number of rotatable bonds is 2. The highest BCUT2D eigenvalue weighted by molar-refractivity contribution is 5.99. The molecule has 2 aromatic rings. The zero-order valence-electron chi connectivity index (χ0n) is 14.4. The van der Waals surface area contributed by atoms with E-state index in [-0.39, 0.29) is 11.3 Å². The number of hydrogen-bond acceptors (Lipinski definition) is 3. The Bertz CT molecular complexity index is 787. The smallest absolute Gasteiger partial charge is 0.257 e. The molecular weight excluding hydrogens is 310 g/mol. The number of hydrogen-bond donors (Lipinski definition) is 0. The fraction of sp³-hybridized carbons (Fsp3) is 0.381. The molecule has 4 nitrogen and oxygen atoms in total. The van der Waals surface area contributed by atoms with Crippen molar-refractivity contribution >= 4 is 5.91 Å². The standard InChI is InChI=1S/C21H23N3O/c25-20(24-13-7-12-21(15-24)10-5-2-6-11-21)18-14-22-16-23-19(18)17-8-3-1-4-9-17/h1-5,8-9,14,16H,6-7,10-13,15H2/t21-/m1/s1. The summed E-state index contributed by atoms with van der Waals surface area (Å²) in [7, 11) is 0. The van der Waals surface area contributed by atoms with Crippen LogP contribution in [0.15, 0.2) is 55.0 Å². The second kappa shape index (κ2) is 6.79. The molecule has 0 unspecified atom stereocenters. The second-order valence-electron chi connectivity index (χ2n) is 7.20. The third kappa shape index (κ3) is 3.21. The fourth-order valence-electron chi connectivity index (χ4n) is 4.18. The lowest BCUT2D eigenvalue weighted by Gasteiger charge is -2.44. The van der Waals surface area contributed by atoms with E-state index in [9.17, 15) is 4.79 Å². The van der Waals surface area contributed by atoms with Crippen LogP contribution in [0.3, 0.4) is 0 Å². The molecule has 2 heterocycles. The predicted molar refractivity (Wildman–Crippen MR) is 98.0 cm³/mol. The largest absolute Gasteiger partial charge is 0.338 e. The molecule has 1 atom stereocenters. The van der Waals surface area contributed by atoms with Gasteiger partial charge < -0.3 is 4.90 Å². The molecule has 0 bridgehead atoms. The summed E-state index contributed by atoms with van der Waals surface area (Å²) in [5.41, 5.74) is 2.56. The molecule has 1 aliphatic heterocycles. The molecule has 4 heteroatoms. The van der Waals surface area contributed by atoms with Gasteiger partial charge in [-0.15, -0.1) is 0 Å². The van der Waals surface area contributed by atoms with Crippen molar-refractivity contribution in [1.29, 1.82) is 0 Å². The number of piperidine rings is 1. The Kier molecular flexibility index (Phi) is 4.35. The molecule has 0 radical (unpaired) electrons. The zero-order chi connectivity index (χ0) is 17.1. The van der Waals surface area contributed by atoms with Gasteiger partial charge in [0.25, 0.3) is 5.91 Å². The Morgan fingerprint density at radius 1 is 1.12 bits per heavy atom. The van der Waals surface area contributed by atoms with Crippen LogP contribution in [0.25, 0.3) is 11.3 Å². The van der Waals surface area contributed by atoms with Crippen molar-refractivity contribution in [2.45, 2.75) is 32.1 Å². The highest BCUT2D eigenvalue weighted by Gasteiger charge is 2.37. The van der Waals surface area contributed by atoms with E-state index >= 15 is 0 Å². The molecule has 2 aliphatic rings. The van der Waals surface area contributed by atoms with Crippen LogP contribution in [-0.2, 0) is 0 Å². The summed E-state index contributed by atoms with van der Waals surface area (Å²) < 4.78 is 0. The van der Waals surface area contributed by atoms with Crippen molar-refractivity contribution in [3.05, 3.63) is 60.6 Å². The van der Waals surface area contributed by atoms with Crippen LogP contribution in [0.4, 0.5) is 0 Å². The van der Waals surface area contributed by atoms with Crippen LogP contribution < -0.4 is 0 Å². The quantitative estimate of drug-likeness (QED) is 0.777. The molecule has 0 saturated carbocycles. The third-order valence-electron chi connectivity index (χ3n) is 5.50. The first-order valence-electron chi connectivity index (χ1n) is 9.07. The Balaban J connectivity index is 1.62. The van der Waals surface area contributed by atoms with Crippen molar-refractivity contribution < 1.29 is 4.79 Å². The molecule has 128 valence electrons. The van der Waals surface area contributed by atoms with E-state index in [1.807, 2.05) is 35.2 Å². The number of carbonyl (C=O) groups excluding carboxylic acids is 1. The van der Waals surface area contributed by atoms with Gasteiger partial charge in [-0.3, -0.25) is 4.79 Å². The minimum absolute atomic E-state index is 0.0630. The van der Waals surface area contributed by atoms with Gasteiger partial charge in [0.2, 0.25) is 0 Å². The van der Waals surface area contributed by atoms with E-state index in [0.29, 0.717) is 5.56 Å². The summed E-state index contributed by atoms with van der Waals surface area (Å²) in [4.78, 5) is 23.8. The third-order valence-corrected chi connectivity index (χ3v) is 5.50. The van der Waals surface area contributed by atoms with Crippen molar-refractivity contribution in [3.63, 3.8) is 0 Å². The average molecular weight is 333 g/mol. The van der Waals surface area contributed by atoms with Crippen LogP contribution in [0.1, 0.15) is 42.5 Å². The second-order valence-corrected chi connectivity index (χ2v) is 7.20. The Morgan fingerprint density at radius 2 is 2.00 bits per heavy atom. The molecule has 1 aliphatic carbocycles. The Labute approximate surface area is 148 Å². The SMILES string of the molecule is O=C(c1cncnc1-c1ccccc1)N1CCC[C@]2(CC=CCC2)C1. The molecule has 4 rings (SSSR count). The summed E-state index contributed by atoms with van der Waals surface area (Å²) in [6.07, 6.45) is 13.4. The van der Waals surface area contributed by atoms with E-state index in [1.54, 1.807) is 6.20 Å². The van der Waals surface area contributed by atoms with Gasteiger partial charge in [0, 0.05) is 24.8 Å². The van der Waals surface area contributed by atoms with Crippen molar-refractivity contribution in [1.82, 2.24) is 14.9 Å². The normalized spacial score (nSPS) is 23.0. The van der Waals surface area contributed by atoms with Crippen LogP contribution in [-0.4, -0.2) is 33.9 Å². The maximum absolute atomic E-state index is 13.2.